The molecule has 160 valence electrons. The molecule has 6 nitrogen and oxygen atoms in total. The first-order valence-corrected chi connectivity index (χ1v) is 9.59. The van der Waals surface area contributed by atoms with Crippen LogP contribution in [0.1, 0.15) is 20.7 Å². The number of halogens is 5. The SMILES string of the molecule is O=C(c1cccc(Cl)c1)N1CCN(C(=O)c2cnc(OCC(F)(F)F)c(Cl)c2)CC1. The van der Waals surface area contributed by atoms with Gasteiger partial charge in [0.1, 0.15) is 5.02 Å². The second-order valence-corrected chi connectivity index (χ2v) is 7.35. The number of carbonyl (C=O) groups excluding carboxylic acids is 2. The van der Waals surface area contributed by atoms with Crippen molar-refractivity contribution in [2.75, 3.05) is 32.8 Å². The van der Waals surface area contributed by atoms with Crippen molar-refractivity contribution < 1.29 is 27.5 Å². The fourth-order valence-electron chi connectivity index (χ4n) is 2.90. The average Bonchev–Trinajstić information content (AvgIpc) is 2.71. The number of carbonyl (C=O) groups is 2. The summed E-state index contributed by atoms with van der Waals surface area (Å²) >= 11 is 11.8. The highest BCUT2D eigenvalue weighted by Gasteiger charge is 2.30. The molecule has 3 rings (SSSR count). The Morgan fingerprint density at radius 2 is 1.60 bits per heavy atom. The van der Waals surface area contributed by atoms with E-state index in [-0.39, 0.29) is 35.5 Å². The number of nitrogens with zero attached hydrogens (tertiary/aromatic N) is 3. The monoisotopic (exact) mass is 461 g/mol. The number of hydrogen-bond acceptors (Lipinski definition) is 4. The van der Waals surface area contributed by atoms with Crippen molar-refractivity contribution in [2.24, 2.45) is 0 Å². The first-order chi connectivity index (χ1) is 14.1. The summed E-state index contributed by atoms with van der Waals surface area (Å²) < 4.78 is 41.3. The predicted molar refractivity (Wildman–Crippen MR) is 104 cm³/mol. The van der Waals surface area contributed by atoms with Crippen LogP contribution in [0.4, 0.5) is 13.2 Å². The minimum absolute atomic E-state index is 0.119. The van der Waals surface area contributed by atoms with Gasteiger partial charge in [0.2, 0.25) is 5.88 Å². The summed E-state index contributed by atoms with van der Waals surface area (Å²) in [6, 6.07) is 7.83. The molecule has 1 fully saturated rings. The van der Waals surface area contributed by atoms with E-state index in [1.807, 2.05) is 0 Å². The smallest absolute Gasteiger partial charge is 0.422 e. The van der Waals surface area contributed by atoms with Gasteiger partial charge in [-0.3, -0.25) is 9.59 Å². The predicted octanol–water partition coefficient (Wildman–Crippen LogP) is 3.93. The van der Waals surface area contributed by atoms with Gasteiger partial charge in [-0.05, 0) is 24.3 Å². The molecule has 0 unspecified atom stereocenters. The molecule has 2 aromatic rings. The Kier molecular flexibility index (Phi) is 6.72. The molecular weight excluding hydrogens is 446 g/mol. The molecule has 30 heavy (non-hydrogen) atoms. The summed E-state index contributed by atoms with van der Waals surface area (Å²) in [7, 11) is 0. The zero-order valence-corrected chi connectivity index (χ0v) is 17.0. The Morgan fingerprint density at radius 1 is 1.00 bits per heavy atom. The molecule has 1 saturated heterocycles. The van der Waals surface area contributed by atoms with Gasteiger partial charge < -0.3 is 14.5 Å². The third-order valence-electron chi connectivity index (χ3n) is 4.35. The highest BCUT2D eigenvalue weighted by Crippen LogP contribution is 2.25. The summed E-state index contributed by atoms with van der Waals surface area (Å²) in [4.78, 5) is 32.1. The Bertz CT molecular complexity index is 948. The average molecular weight is 462 g/mol. The lowest BCUT2D eigenvalue weighted by atomic mass is 10.1. The van der Waals surface area contributed by atoms with Gasteiger partial charge in [0, 0.05) is 43.0 Å². The van der Waals surface area contributed by atoms with Crippen LogP contribution in [0.2, 0.25) is 10.0 Å². The molecule has 0 radical (unpaired) electrons. The molecule has 0 bridgehead atoms. The molecule has 1 aliphatic rings. The number of aromatic nitrogens is 1. The van der Waals surface area contributed by atoms with Crippen LogP contribution >= 0.6 is 23.2 Å². The number of piperazine rings is 1. The van der Waals surface area contributed by atoms with Gasteiger partial charge in [0.25, 0.3) is 11.8 Å². The van der Waals surface area contributed by atoms with Crippen molar-refractivity contribution >= 4 is 35.0 Å². The number of ether oxygens (including phenoxy) is 1. The minimum atomic E-state index is -4.53. The first kappa shape index (κ1) is 22.2. The van der Waals surface area contributed by atoms with E-state index in [0.717, 1.165) is 6.20 Å². The van der Waals surface area contributed by atoms with E-state index in [9.17, 15) is 22.8 Å². The highest BCUT2D eigenvalue weighted by molar-refractivity contribution is 6.32. The van der Waals surface area contributed by atoms with Crippen LogP contribution in [-0.4, -0.2) is 65.6 Å². The molecule has 2 heterocycles. The lowest BCUT2D eigenvalue weighted by Crippen LogP contribution is -2.50. The summed E-state index contributed by atoms with van der Waals surface area (Å²) in [5.41, 5.74) is 0.585. The minimum Gasteiger partial charge on any atom is -0.467 e. The van der Waals surface area contributed by atoms with Crippen LogP contribution in [-0.2, 0) is 0 Å². The van der Waals surface area contributed by atoms with Gasteiger partial charge in [0.15, 0.2) is 6.61 Å². The van der Waals surface area contributed by atoms with Crippen molar-refractivity contribution in [3.63, 3.8) is 0 Å². The Morgan fingerprint density at radius 3 is 2.13 bits per heavy atom. The fourth-order valence-corrected chi connectivity index (χ4v) is 3.31. The van der Waals surface area contributed by atoms with Gasteiger partial charge in [-0.2, -0.15) is 13.2 Å². The Balaban J connectivity index is 1.60. The maximum absolute atomic E-state index is 12.7. The first-order valence-electron chi connectivity index (χ1n) is 8.83. The maximum Gasteiger partial charge on any atom is 0.422 e. The number of rotatable bonds is 4. The molecular formula is C19H16Cl2F3N3O3. The maximum atomic E-state index is 12.7. The van der Waals surface area contributed by atoms with Crippen LogP contribution in [0.3, 0.4) is 0 Å². The van der Waals surface area contributed by atoms with E-state index in [1.54, 1.807) is 29.2 Å². The van der Waals surface area contributed by atoms with E-state index < -0.39 is 18.7 Å². The zero-order valence-electron chi connectivity index (χ0n) is 15.5. The topological polar surface area (TPSA) is 62.7 Å². The molecule has 0 spiro atoms. The molecule has 1 aromatic carbocycles. The summed E-state index contributed by atoms with van der Waals surface area (Å²) in [5.74, 6) is -0.968. The Labute approximate surface area is 180 Å². The van der Waals surface area contributed by atoms with Crippen LogP contribution in [0.5, 0.6) is 5.88 Å². The second kappa shape index (κ2) is 9.09. The van der Waals surface area contributed by atoms with Crippen LogP contribution in [0.15, 0.2) is 36.5 Å². The van der Waals surface area contributed by atoms with Crippen molar-refractivity contribution in [2.45, 2.75) is 6.18 Å². The summed E-state index contributed by atoms with van der Waals surface area (Å²) in [6.45, 7) is -0.310. The third kappa shape index (κ3) is 5.54. The molecule has 1 aromatic heterocycles. The van der Waals surface area contributed by atoms with Gasteiger partial charge in [0.05, 0.1) is 5.56 Å². The van der Waals surface area contributed by atoms with Crippen molar-refractivity contribution in [1.82, 2.24) is 14.8 Å². The number of hydrogen-bond donors (Lipinski definition) is 0. The normalized spacial score (nSPS) is 14.6. The third-order valence-corrected chi connectivity index (χ3v) is 4.86. The molecule has 1 aliphatic heterocycles. The number of pyridine rings is 1. The molecule has 0 aliphatic carbocycles. The van der Waals surface area contributed by atoms with Crippen LogP contribution in [0, 0.1) is 0 Å². The Hall–Kier alpha value is -2.52. The van der Waals surface area contributed by atoms with Crippen molar-refractivity contribution in [3.8, 4) is 5.88 Å². The zero-order chi connectivity index (χ0) is 21.9. The van der Waals surface area contributed by atoms with Crippen LogP contribution in [0.25, 0.3) is 0 Å². The second-order valence-electron chi connectivity index (χ2n) is 6.51. The van der Waals surface area contributed by atoms with E-state index >= 15 is 0 Å². The molecule has 0 N–H and O–H groups in total. The van der Waals surface area contributed by atoms with Crippen molar-refractivity contribution in [1.29, 1.82) is 0 Å². The van der Waals surface area contributed by atoms with Gasteiger partial charge in [-0.1, -0.05) is 29.3 Å². The standard InChI is InChI=1S/C19H16Cl2F3N3O3/c20-14-3-1-2-12(8-14)17(28)26-4-6-27(7-5-26)18(29)13-9-15(21)16(25-10-13)30-11-19(22,23)24/h1-3,8-10H,4-7,11H2. The lowest BCUT2D eigenvalue weighted by Gasteiger charge is -2.34. The van der Waals surface area contributed by atoms with Crippen LogP contribution < -0.4 is 4.74 Å². The van der Waals surface area contributed by atoms with Gasteiger partial charge >= 0.3 is 6.18 Å². The van der Waals surface area contributed by atoms with Gasteiger partial charge in [-0.15, -0.1) is 0 Å². The molecule has 11 heteroatoms. The van der Waals surface area contributed by atoms with E-state index in [1.165, 1.54) is 11.0 Å². The summed E-state index contributed by atoms with van der Waals surface area (Å²) in [5, 5.41) is 0.265. The fraction of sp³-hybridized carbons (Fsp3) is 0.316. The number of alkyl halides is 3. The summed E-state index contributed by atoms with van der Waals surface area (Å²) in [6.07, 6.45) is -3.41. The van der Waals surface area contributed by atoms with E-state index in [2.05, 4.69) is 9.72 Å². The van der Waals surface area contributed by atoms with Gasteiger partial charge in [-0.25, -0.2) is 4.98 Å². The lowest BCUT2D eigenvalue weighted by molar-refractivity contribution is -0.154. The van der Waals surface area contributed by atoms with E-state index in [4.69, 9.17) is 23.2 Å². The van der Waals surface area contributed by atoms with E-state index in [0.29, 0.717) is 23.7 Å². The quantitative estimate of drug-likeness (QED) is 0.691. The molecule has 0 atom stereocenters. The molecule has 0 saturated carbocycles. The highest BCUT2D eigenvalue weighted by atomic mass is 35.5. The molecule has 2 amide bonds. The van der Waals surface area contributed by atoms with Crippen molar-refractivity contribution in [3.05, 3.63) is 57.7 Å². The largest absolute Gasteiger partial charge is 0.467 e. The number of amides is 2. The number of benzene rings is 1.